The number of nitrogens with two attached hydrogens (primary N) is 1. The number of rotatable bonds is 4. The van der Waals surface area contributed by atoms with Crippen LogP contribution in [0, 0.1) is 11.3 Å². The molecule has 5 nitrogen and oxygen atoms in total. The number of hydrogen-bond donors (Lipinski definition) is 1. The maximum absolute atomic E-state index is 12.2. The Labute approximate surface area is 101 Å². The highest BCUT2D eigenvalue weighted by molar-refractivity contribution is 5.47. The zero-order chi connectivity index (χ0) is 13.8. The van der Waals surface area contributed by atoms with Gasteiger partial charge in [-0.3, -0.25) is 4.98 Å². The second-order valence-corrected chi connectivity index (χ2v) is 3.17. The third-order valence-corrected chi connectivity index (χ3v) is 2.05. The number of methoxy groups -OCH3 is 1. The lowest BCUT2D eigenvalue weighted by atomic mass is 10.1. The van der Waals surface area contributed by atoms with Gasteiger partial charge in [-0.05, 0) is 0 Å². The van der Waals surface area contributed by atoms with Gasteiger partial charge in [0.25, 0.3) is 0 Å². The third-order valence-electron chi connectivity index (χ3n) is 2.05. The quantitative estimate of drug-likeness (QED) is 0.888. The Morgan fingerprint density at radius 2 is 2.17 bits per heavy atom. The van der Waals surface area contributed by atoms with Crippen molar-refractivity contribution in [1.82, 2.24) is 4.98 Å². The van der Waals surface area contributed by atoms with Gasteiger partial charge in [0.05, 0.1) is 37.1 Å². The van der Waals surface area contributed by atoms with Crippen LogP contribution >= 0.6 is 0 Å². The van der Waals surface area contributed by atoms with E-state index in [4.69, 9.17) is 15.7 Å². The first kappa shape index (κ1) is 14.1. The smallest absolute Gasteiger partial charge is 0.494 e. The summed E-state index contributed by atoms with van der Waals surface area (Å²) < 4.78 is 45.2. The van der Waals surface area contributed by atoms with E-state index in [1.165, 1.54) is 7.11 Å². The summed E-state index contributed by atoms with van der Waals surface area (Å²) in [4.78, 5) is 3.70. The summed E-state index contributed by atoms with van der Waals surface area (Å²) in [7, 11) is 1.26. The topological polar surface area (TPSA) is 81.2 Å². The van der Waals surface area contributed by atoms with Gasteiger partial charge in [-0.2, -0.15) is 5.26 Å². The standard InChI is InChI=1S/C10H10F3N3O2/c1-17-9-6(4-15)8(18-10(11,12)13)5-16-7(9)2-3-14/h5H,2,4,15H2,1H3. The minimum Gasteiger partial charge on any atom is -0.494 e. The van der Waals surface area contributed by atoms with Crippen molar-refractivity contribution in [3.63, 3.8) is 0 Å². The Morgan fingerprint density at radius 3 is 2.61 bits per heavy atom. The zero-order valence-corrected chi connectivity index (χ0v) is 9.41. The first-order valence-electron chi connectivity index (χ1n) is 4.80. The summed E-state index contributed by atoms with van der Waals surface area (Å²) in [6.07, 6.45) is -4.05. The van der Waals surface area contributed by atoms with E-state index in [1.54, 1.807) is 0 Å². The first-order chi connectivity index (χ1) is 8.42. The van der Waals surface area contributed by atoms with E-state index in [9.17, 15) is 13.2 Å². The fourth-order valence-electron chi connectivity index (χ4n) is 1.41. The normalized spacial score (nSPS) is 10.9. The SMILES string of the molecule is COc1c(CC#N)ncc(OC(F)(F)F)c1CN. The van der Waals surface area contributed by atoms with Gasteiger partial charge in [-0.25, -0.2) is 0 Å². The second-order valence-electron chi connectivity index (χ2n) is 3.17. The molecule has 1 aromatic heterocycles. The lowest BCUT2D eigenvalue weighted by molar-refractivity contribution is -0.275. The molecule has 0 aliphatic heterocycles. The van der Waals surface area contributed by atoms with Crippen LogP contribution in [-0.4, -0.2) is 18.5 Å². The van der Waals surface area contributed by atoms with Crippen molar-refractivity contribution < 1.29 is 22.6 Å². The number of alkyl halides is 3. The number of aromatic nitrogens is 1. The molecule has 0 saturated carbocycles. The second kappa shape index (κ2) is 5.55. The molecule has 0 unspecified atom stereocenters. The molecule has 8 heteroatoms. The van der Waals surface area contributed by atoms with Crippen LogP contribution in [0.1, 0.15) is 11.3 Å². The predicted octanol–water partition coefficient (Wildman–Crippen LogP) is 1.51. The molecule has 0 spiro atoms. The molecule has 1 heterocycles. The van der Waals surface area contributed by atoms with Crippen LogP contribution < -0.4 is 15.2 Å². The number of nitrogens with zero attached hydrogens (tertiary/aromatic N) is 2. The van der Waals surface area contributed by atoms with E-state index in [0.717, 1.165) is 6.20 Å². The van der Waals surface area contributed by atoms with Crippen LogP contribution in [0.2, 0.25) is 0 Å². The van der Waals surface area contributed by atoms with Crippen molar-refractivity contribution >= 4 is 0 Å². The molecule has 2 N–H and O–H groups in total. The molecule has 1 aromatic rings. The van der Waals surface area contributed by atoms with Gasteiger partial charge < -0.3 is 15.2 Å². The first-order valence-corrected chi connectivity index (χ1v) is 4.80. The molecule has 0 aliphatic carbocycles. The summed E-state index contributed by atoms with van der Waals surface area (Å²) >= 11 is 0. The summed E-state index contributed by atoms with van der Waals surface area (Å²) in [5.74, 6) is -0.482. The van der Waals surface area contributed by atoms with E-state index in [2.05, 4.69) is 9.72 Å². The Kier molecular flexibility index (Phi) is 4.33. The van der Waals surface area contributed by atoms with Crippen LogP contribution in [-0.2, 0) is 13.0 Å². The van der Waals surface area contributed by atoms with Crippen LogP contribution in [0.4, 0.5) is 13.2 Å². The van der Waals surface area contributed by atoms with E-state index in [1.807, 2.05) is 6.07 Å². The minimum absolute atomic E-state index is 0.0232. The summed E-state index contributed by atoms with van der Waals surface area (Å²) in [5.41, 5.74) is 5.61. The average molecular weight is 261 g/mol. The van der Waals surface area contributed by atoms with E-state index in [-0.39, 0.29) is 30.0 Å². The molecule has 0 saturated heterocycles. The highest BCUT2D eigenvalue weighted by atomic mass is 19.4. The average Bonchev–Trinajstić information content (AvgIpc) is 2.28. The van der Waals surface area contributed by atoms with E-state index >= 15 is 0 Å². The predicted molar refractivity (Wildman–Crippen MR) is 54.7 cm³/mol. The fraction of sp³-hybridized carbons (Fsp3) is 0.400. The Bertz CT molecular complexity index is 469. The number of nitriles is 1. The molecular weight excluding hydrogens is 251 g/mol. The van der Waals surface area contributed by atoms with Crippen molar-refractivity contribution in [3.05, 3.63) is 17.5 Å². The van der Waals surface area contributed by atoms with Crippen LogP contribution in [0.3, 0.4) is 0 Å². The Balaban J connectivity index is 3.26. The number of pyridine rings is 1. The largest absolute Gasteiger partial charge is 0.573 e. The summed E-state index contributed by atoms with van der Waals surface area (Å²) in [6, 6.07) is 1.83. The van der Waals surface area contributed by atoms with E-state index < -0.39 is 12.1 Å². The Morgan fingerprint density at radius 1 is 1.50 bits per heavy atom. The van der Waals surface area contributed by atoms with Gasteiger partial charge in [0, 0.05) is 6.54 Å². The van der Waals surface area contributed by atoms with Gasteiger partial charge in [0.15, 0.2) is 5.75 Å². The molecule has 0 fully saturated rings. The van der Waals surface area contributed by atoms with Crippen molar-refractivity contribution in [2.45, 2.75) is 19.3 Å². The molecule has 1 rings (SSSR count). The van der Waals surface area contributed by atoms with Gasteiger partial charge >= 0.3 is 6.36 Å². The van der Waals surface area contributed by atoms with Crippen molar-refractivity contribution in [2.24, 2.45) is 5.73 Å². The molecule has 18 heavy (non-hydrogen) atoms. The summed E-state index contributed by atoms with van der Waals surface area (Å²) in [5, 5.41) is 8.57. The van der Waals surface area contributed by atoms with Crippen molar-refractivity contribution in [2.75, 3.05) is 7.11 Å². The molecule has 98 valence electrons. The monoisotopic (exact) mass is 261 g/mol. The van der Waals surface area contributed by atoms with Crippen molar-refractivity contribution in [1.29, 1.82) is 5.26 Å². The van der Waals surface area contributed by atoms with E-state index in [0.29, 0.717) is 0 Å². The molecule has 0 radical (unpaired) electrons. The van der Waals surface area contributed by atoms with Gasteiger partial charge in [0.1, 0.15) is 5.75 Å². The number of halogens is 3. The van der Waals surface area contributed by atoms with Crippen LogP contribution in [0.15, 0.2) is 6.20 Å². The molecule has 0 atom stereocenters. The highest BCUT2D eigenvalue weighted by Gasteiger charge is 2.33. The minimum atomic E-state index is -4.84. The van der Waals surface area contributed by atoms with Crippen LogP contribution in [0.25, 0.3) is 0 Å². The lowest BCUT2D eigenvalue weighted by Crippen LogP contribution is -2.19. The van der Waals surface area contributed by atoms with Crippen LogP contribution in [0.5, 0.6) is 11.5 Å². The van der Waals surface area contributed by atoms with Gasteiger partial charge in [-0.1, -0.05) is 0 Å². The highest BCUT2D eigenvalue weighted by Crippen LogP contribution is 2.33. The maximum atomic E-state index is 12.2. The molecule has 0 bridgehead atoms. The molecule has 0 aliphatic rings. The maximum Gasteiger partial charge on any atom is 0.573 e. The van der Waals surface area contributed by atoms with Gasteiger partial charge in [0.2, 0.25) is 0 Å². The Hall–Kier alpha value is -2.01. The number of hydrogen-bond acceptors (Lipinski definition) is 5. The third kappa shape index (κ3) is 3.24. The molecular formula is C10H10F3N3O2. The fourth-order valence-corrected chi connectivity index (χ4v) is 1.41. The zero-order valence-electron chi connectivity index (χ0n) is 9.41. The molecule has 0 aromatic carbocycles. The van der Waals surface area contributed by atoms with Gasteiger partial charge in [-0.15, -0.1) is 13.2 Å². The van der Waals surface area contributed by atoms with Crippen molar-refractivity contribution in [3.8, 4) is 17.6 Å². The summed E-state index contributed by atoms with van der Waals surface area (Å²) in [6.45, 7) is -0.227. The number of ether oxygens (including phenoxy) is 2. The lowest BCUT2D eigenvalue weighted by Gasteiger charge is -2.16. The molecule has 0 amide bonds.